The Hall–Kier alpha value is -2.66. The van der Waals surface area contributed by atoms with E-state index in [4.69, 9.17) is 16.0 Å². The lowest BCUT2D eigenvalue weighted by Gasteiger charge is -2.06. The number of nitrogens with one attached hydrogen (secondary N) is 1. The van der Waals surface area contributed by atoms with Crippen molar-refractivity contribution >= 4 is 23.2 Å². The topological polar surface area (TPSA) is 55.1 Å². The van der Waals surface area contributed by atoms with Gasteiger partial charge in [-0.3, -0.25) is 4.79 Å². The van der Waals surface area contributed by atoms with Crippen molar-refractivity contribution in [1.82, 2.24) is 4.98 Å². The van der Waals surface area contributed by atoms with Crippen LogP contribution >= 0.6 is 11.6 Å². The smallest absolute Gasteiger partial charge is 0.224 e. The fourth-order valence-corrected chi connectivity index (χ4v) is 2.45. The lowest BCUT2D eigenvalue weighted by molar-refractivity contribution is -0.116. The van der Waals surface area contributed by atoms with Gasteiger partial charge in [0.2, 0.25) is 5.91 Å². The van der Waals surface area contributed by atoms with Gasteiger partial charge in [-0.25, -0.2) is 9.37 Å². The lowest BCUT2D eigenvalue weighted by atomic mass is 10.2. The molecule has 0 radical (unpaired) electrons. The summed E-state index contributed by atoms with van der Waals surface area (Å²) in [6, 6.07) is 11.9. The number of aryl methyl sites for hydroxylation is 2. The summed E-state index contributed by atoms with van der Waals surface area (Å²) in [6.45, 7) is 1.79. The highest BCUT2D eigenvalue weighted by Gasteiger charge is 2.11. The highest BCUT2D eigenvalue weighted by atomic mass is 35.5. The Labute approximate surface area is 149 Å². The van der Waals surface area contributed by atoms with E-state index in [0.717, 1.165) is 11.1 Å². The van der Waals surface area contributed by atoms with Gasteiger partial charge in [0.25, 0.3) is 0 Å². The molecule has 4 nitrogen and oxygen atoms in total. The van der Waals surface area contributed by atoms with Crippen LogP contribution in [-0.2, 0) is 11.2 Å². The van der Waals surface area contributed by atoms with Crippen molar-refractivity contribution in [3.63, 3.8) is 0 Å². The minimum atomic E-state index is -0.450. The number of nitrogens with zero attached hydrogens (tertiary/aromatic N) is 1. The number of aromatic nitrogens is 1. The third-order valence-electron chi connectivity index (χ3n) is 3.65. The molecule has 0 saturated heterocycles. The molecular weight excluding hydrogens is 343 g/mol. The number of anilines is 1. The summed E-state index contributed by atoms with van der Waals surface area (Å²) in [6.07, 6.45) is 2.08. The molecule has 0 atom stereocenters. The van der Waals surface area contributed by atoms with Gasteiger partial charge in [-0.1, -0.05) is 17.7 Å². The molecule has 0 aliphatic rings. The Morgan fingerprint density at radius 3 is 2.72 bits per heavy atom. The standard InChI is InChI=1S/C19H16ClFN2O2/c1-12-2-7-16(15(21)10-12)23-18(24)8-9-19-22-11-17(25-19)13-3-5-14(20)6-4-13/h2-7,10-11H,8-9H2,1H3,(H,23,24). The molecule has 0 aliphatic heterocycles. The molecule has 6 heteroatoms. The van der Waals surface area contributed by atoms with E-state index < -0.39 is 5.82 Å². The van der Waals surface area contributed by atoms with Gasteiger partial charge in [0.15, 0.2) is 11.7 Å². The number of carbonyl (C=O) groups excluding carboxylic acids is 1. The molecule has 1 heterocycles. The Kier molecular flexibility index (Phi) is 5.14. The van der Waals surface area contributed by atoms with Gasteiger partial charge < -0.3 is 9.73 Å². The lowest BCUT2D eigenvalue weighted by Crippen LogP contribution is -2.13. The number of benzene rings is 2. The zero-order chi connectivity index (χ0) is 17.8. The van der Waals surface area contributed by atoms with E-state index in [0.29, 0.717) is 23.1 Å². The summed E-state index contributed by atoms with van der Waals surface area (Å²) in [5, 5.41) is 3.20. The molecular formula is C19H16ClFN2O2. The molecule has 0 bridgehead atoms. The van der Waals surface area contributed by atoms with Crippen molar-refractivity contribution in [3.05, 3.63) is 71.0 Å². The number of amides is 1. The number of carbonyl (C=O) groups is 1. The van der Waals surface area contributed by atoms with E-state index in [1.165, 1.54) is 6.07 Å². The summed E-state index contributed by atoms with van der Waals surface area (Å²) in [5.74, 6) is 0.310. The fraction of sp³-hybridized carbons (Fsp3) is 0.158. The molecule has 0 aliphatic carbocycles. The van der Waals surface area contributed by atoms with Gasteiger partial charge >= 0.3 is 0 Å². The van der Waals surface area contributed by atoms with E-state index in [9.17, 15) is 9.18 Å². The Morgan fingerprint density at radius 1 is 1.24 bits per heavy atom. The van der Waals surface area contributed by atoms with Crippen LogP contribution in [0.3, 0.4) is 0 Å². The van der Waals surface area contributed by atoms with Crippen molar-refractivity contribution in [2.24, 2.45) is 0 Å². The average molecular weight is 359 g/mol. The summed E-state index contributed by atoms with van der Waals surface area (Å²) in [4.78, 5) is 16.1. The van der Waals surface area contributed by atoms with Crippen molar-refractivity contribution in [2.75, 3.05) is 5.32 Å². The van der Waals surface area contributed by atoms with Gasteiger partial charge in [0, 0.05) is 23.4 Å². The van der Waals surface area contributed by atoms with Crippen LogP contribution in [0.4, 0.5) is 10.1 Å². The number of oxazole rings is 1. The third kappa shape index (κ3) is 4.45. The molecule has 128 valence electrons. The van der Waals surface area contributed by atoms with Crippen LogP contribution in [0, 0.1) is 12.7 Å². The summed E-state index contributed by atoms with van der Waals surface area (Å²) in [5.41, 5.74) is 1.82. The molecule has 0 spiro atoms. The second-order valence-corrected chi connectivity index (χ2v) is 6.09. The first-order valence-electron chi connectivity index (χ1n) is 7.78. The second-order valence-electron chi connectivity index (χ2n) is 5.66. The predicted molar refractivity (Wildman–Crippen MR) is 95.0 cm³/mol. The van der Waals surface area contributed by atoms with E-state index in [1.54, 1.807) is 37.4 Å². The quantitative estimate of drug-likeness (QED) is 0.697. The molecule has 25 heavy (non-hydrogen) atoms. The number of rotatable bonds is 5. The van der Waals surface area contributed by atoms with Gasteiger partial charge in [0.1, 0.15) is 5.82 Å². The van der Waals surface area contributed by atoms with E-state index in [-0.39, 0.29) is 18.0 Å². The Balaban J connectivity index is 1.58. The van der Waals surface area contributed by atoms with E-state index >= 15 is 0 Å². The molecule has 0 unspecified atom stereocenters. The highest BCUT2D eigenvalue weighted by molar-refractivity contribution is 6.30. The fourth-order valence-electron chi connectivity index (χ4n) is 2.33. The van der Waals surface area contributed by atoms with Crippen LogP contribution in [0.15, 0.2) is 53.1 Å². The van der Waals surface area contributed by atoms with Crippen LogP contribution in [0.25, 0.3) is 11.3 Å². The zero-order valence-electron chi connectivity index (χ0n) is 13.6. The SMILES string of the molecule is Cc1ccc(NC(=O)CCc2ncc(-c3ccc(Cl)cc3)o2)c(F)c1. The van der Waals surface area contributed by atoms with E-state index in [1.807, 2.05) is 12.1 Å². The molecule has 1 aromatic heterocycles. The molecule has 0 fully saturated rings. The first-order chi connectivity index (χ1) is 12.0. The van der Waals surface area contributed by atoms with Gasteiger partial charge in [0.05, 0.1) is 11.9 Å². The van der Waals surface area contributed by atoms with Crippen molar-refractivity contribution in [3.8, 4) is 11.3 Å². The maximum Gasteiger partial charge on any atom is 0.224 e. The van der Waals surface area contributed by atoms with Gasteiger partial charge in [-0.15, -0.1) is 0 Å². The van der Waals surface area contributed by atoms with Crippen LogP contribution in [-0.4, -0.2) is 10.9 Å². The Morgan fingerprint density at radius 2 is 2.00 bits per heavy atom. The van der Waals surface area contributed by atoms with Crippen molar-refractivity contribution < 1.29 is 13.6 Å². The number of hydrogen-bond donors (Lipinski definition) is 1. The largest absolute Gasteiger partial charge is 0.441 e. The maximum atomic E-state index is 13.7. The van der Waals surface area contributed by atoms with Crippen LogP contribution in [0.5, 0.6) is 0 Å². The highest BCUT2D eigenvalue weighted by Crippen LogP contribution is 2.23. The predicted octanol–water partition coefficient (Wildman–Crippen LogP) is 5.01. The molecule has 1 N–H and O–H groups in total. The average Bonchev–Trinajstić information content (AvgIpc) is 3.05. The number of hydrogen-bond acceptors (Lipinski definition) is 3. The minimum absolute atomic E-state index is 0.147. The number of halogens is 2. The molecule has 3 rings (SSSR count). The summed E-state index contributed by atoms with van der Waals surface area (Å²) in [7, 11) is 0. The van der Waals surface area contributed by atoms with Crippen LogP contribution < -0.4 is 5.32 Å². The second kappa shape index (κ2) is 7.49. The van der Waals surface area contributed by atoms with Crippen LogP contribution in [0.1, 0.15) is 17.9 Å². The van der Waals surface area contributed by atoms with Crippen molar-refractivity contribution in [1.29, 1.82) is 0 Å². The van der Waals surface area contributed by atoms with E-state index in [2.05, 4.69) is 10.3 Å². The minimum Gasteiger partial charge on any atom is -0.441 e. The van der Waals surface area contributed by atoms with Gasteiger partial charge in [-0.05, 0) is 48.9 Å². The normalized spacial score (nSPS) is 10.7. The Bertz CT molecular complexity index is 891. The zero-order valence-corrected chi connectivity index (χ0v) is 14.3. The summed E-state index contributed by atoms with van der Waals surface area (Å²) < 4.78 is 19.4. The molecule has 1 amide bonds. The third-order valence-corrected chi connectivity index (χ3v) is 3.90. The first-order valence-corrected chi connectivity index (χ1v) is 8.16. The monoisotopic (exact) mass is 358 g/mol. The first kappa shape index (κ1) is 17.2. The summed E-state index contributed by atoms with van der Waals surface area (Å²) >= 11 is 5.86. The van der Waals surface area contributed by atoms with Crippen molar-refractivity contribution in [2.45, 2.75) is 19.8 Å². The molecule has 2 aromatic carbocycles. The van der Waals surface area contributed by atoms with Gasteiger partial charge in [-0.2, -0.15) is 0 Å². The van der Waals surface area contributed by atoms with Crippen LogP contribution in [0.2, 0.25) is 5.02 Å². The maximum absolute atomic E-state index is 13.7. The molecule has 0 saturated carbocycles. The molecule has 3 aromatic rings.